The quantitative estimate of drug-likeness (QED) is 0.309. The number of ether oxygens (including phenoxy) is 2. The molecule has 5 heteroatoms. The third-order valence-corrected chi connectivity index (χ3v) is 3.69. The Kier molecular flexibility index (Phi) is 10.7. The molecule has 0 aliphatic carbocycles. The standard InChI is InChI=1S/C15H33N3O2/c1-15(2,14(16)17)8-5-6-9-18(11-13-20-4)10-7-12-19-3/h5-13H2,1-4H3,(H3,16,17). The van der Waals surface area contributed by atoms with Gasteiger partial charge < -0.3 is 20.1 Å². The summed E-state index contributed by atoms with van der Waals surface area (Å²) in [4.78, 5) is 2.42. The molecule has 0 unspecified atom stereocenters. The van der Waals surface area contributed by atoms with Crippen LogP contribution >= 0.6 is 0 Å². The van der Waals surface area contributed by atoms with Crippen LogP contribution in [-0.4, -0.2) is 57.8 Å². The van der Waals surface area contributed by atoms with E-state index in [1.807, 2.05) is 13.8 Å². The van der Waals surface area contributed by atoms with Crippen molar-refractivity contribution in [2.45, 2.75) is 39.5 Å². The van der Waals surface area contributed by atoms with E-state index in [2.05, 4.69) is 4.90 Å². The van der Waals surface area contributed by atoms with Gasteiger partial charge in [0.05, 0.1) is 12.4 Å². The van der Waals surface area contributed by atoms with Gasteiger partial charge in [-0.25, -0.2) is 0 Å². The smallest absolute Gasteiger partial charge is 0.0963 e. The molecular weight excluding hydrogens is 254 g/mol. The number of unbranched alkanes of at least 4 members (excludes halogenated alkanes) is 1. The van der Waals surface area contributed by atoms with Crippen LogP contribution in [0.5, 0.6) is 0 Å². The van der Waals surface area contributed by atoms with Crippen molar-refractivity contribution < 1.29 is 9.47 Å². The highest BCUT2D eigenvalue weighted by Gasteiger charge is 2.20. The summed E-state index contributed by atoms with van der Waals surface area (Å²) in [6, 6.07) is 0. The van der Waals surface area contributed by atoms with Gasteiger partial charge in [0.2, 0.25) is 0 Å². The Labute approximate surface area is 124 Å². The second kappa shape index (κ2) is 11.1. The number of hydrogen-bond acceptors (Lipinski definition) is 4. The van der Waals surface area contributed by atoms with Crippen molar-refractivity contribution in [1.29, 1.82) is 5.41 Å². The van der Waals surface area contributed by atoms with E-state index in [9.17, 15) is 0 Å². The Balaban J connectivity index is 3.90. The summed E-state index contributed by atoms with van der Waals surface area (Å²) in [5, 5.41) is 7.56. The van der Waals surface area contributed by atoms with Crippen LogP contribution in [0.1, 0.15) is 39.5 Å². The Morgan fingerprint density at radius 2 is 1.60 bits per heavy atom. The average Bonchev–Trinajstić information content (AvgIpc) is 2.40. The maximum Gasteiger partial charge on any atom is 0.0963 e. The molecule has 0 aromatic carbocycles. The van der Waals surface area contributed by atoms with Gasteiger partial charge in [0.15, 0.2) is 0 Å². The minimum atomic E-state index is -0.173. The summed E-state index contributed by atoms with van der Waals surface area (Å²) >= 11 is 0. The molecule has 0 aliphatic rings. The Morgan fingerprint density at radius 1 is 1.00 bits per heavy atom. The molecule has 0 spiro atoms. The first-order valence-electron chi connectivity index (χ1n) is 7.48. The fraction of sp³-hybridized carbons (Fsp3) is 0.933. The second-order valence-corrected chi connectivity index (χ2v) is 5.94. The first-order chi connectivity index (χ1) is 9.44. The Hall–Kier alpha value is -0.650. The van der Waals surface area contributed by atoms with E-state index < -0.39 is 0 Å². The second-order valence-electron chi connectivity index (χ2n) is 5.94. The number of rotatable bonds is 13. The average molecular weight is 287 g/mol. The van der Waals surface area contributed by atoms with Crippen LogP contribution < -0.4 is 5.73 Å². The van der Waals surface area contributed by atoms with Gasteiger partial charge in [-0.15, -0.1) is 0 Å². The van der Waals surface area contributed by atoms with Crippen molar-refractivity contribution in [2.24, 2.45) is 11.1 Å². The third kappa shape index (κ3) is 9.28. The number of methoxy groups -OCH3 is 2. The molecule has 0 bridgehead atoms. The Bertz CT molecular complexity index is 258. The zero-order valence-corrected chi connectivity index (χ0v) is 13.7. The predicted octanol–water partition coefficient (Wildman–Crippen LogP) is 2.10. The van der Waals surface area contributed by atoms with E-state index in [0.717, 1.165) is 58.5 Å². The summed E-state index contributed by atoms with van der Waals surface area (Å²) in [6.07, 6.45) is 4.26. The molecule has 0 fully saturated rings. The van der Waals surface area contributed by atoms with Crippen LogP contribution in [0.3, 0.4) is 0 Å². The Morgan fingerprint density at radius 3 is 2.15 bits per heavy atom. The first kappa shape index (κ1) is 19.4. The van der Waals surface area contributed by atoms with Crippen LogP contribution in [0.15, 0.2) is 0 Å². The van der Waals surface area contributed by atoms with Crippen molar-refractivity contribution in [2.75, 3.05) is 47.1 Å². The van der Waals surface area contributed by atoms with Gasteiger partial charge in [0.1, 0.15) is 0 Å². The normalized spacial score (nSPS) is 12.1. The molecule has 0 aromatic heterocycles. The summed E-state index contributed by atoms with van der Waals surface area (Å²) in [7, 11) is 3.48. The number of hydrogen-bond donors (Lipinski definition) is 2. The van der Waals surface area contributed by atoms with Crippen molar-refractivity contribution in [3.05, 3.63) is 0 Å². The summed E-state index contributed by atoms with van der Waals surface area (Å²) < 4.78 is 10.3. The lowest BCUT2D eigenvalue weighted by Crippen LogP contribution is -2.32. The van der Waals surface area contributed by atoms with Gasteiger partial charge in [-0.1, -0.05) is 20.3 Å². The topological polar surface area (TPSA) is 71.6 Å². The number of nitrogens with two attached hydrogens (primary N) is 1. The molecule has 0 saturated heterocycles. The molecule has 0 radical (unpaired) electrons. The minimum absolute atomic E-state index is 0.173. The van der Waals surface area contributed by atoms with Crippen molar-refractivity contribution in [3.8, 4) is 0 Å². The highest BCUT2D eigenvalue weighted by Crippen LogP contribution is 2.22. The lowest BCUT2D eigenvalue weighted by molar-refractivity contribution is 0.131. The monoisotopic (exact) mass is 287 g/mol. The summed E-state index contributed by atoms with van der Waals surface area (Å²) in [5.74, 6) is 0.286. The summed E-state index contributed by atoms with van der Waals surface area (Å²) in [5.41, 5.74) is 5.43. The van der Waals surface area contributed by atoms with Crippen LogP contribution in [0.4, 0.5) is 0 Å². The molecule has 20 heavy (non-hydrogen) atoms. The van der Waals surface area contributed by atoms with Gasteiger partial charge in [-0.2, -0.15) is 0 Å². The van der Waals surface area contributed by atoms with Crippen LogP contribution in [-0.2, 0) is 9.47 Å². The van der Waals surface area contributed by atoms with Crippen molar-refractivity contribution in [3.63, 3.8) is 0 Å². The van der Waals surface area contributed by atoms with Gasteiger partial charge in [-0.05, 0) is 25.8 Å². The van der Waals surface area contributed by atoms with Crippen molar-refractivity contribution in [1.82, 2.24) is 4.90 Å². The highest BCUT2D eigenvalue weighted by molar-refractivity contribution is 5.82. The molecular formula is C15H33N3O2. The molecule has 3 N–H and O–H groups in total. The molecule has 0 heterocycles. The molecule has 0 amide bonds. The highest BCUT2D eigenvalue weighted by atomic mass is 16.5. The molecule has 120 valence electrons. The molecule has 5 nitrogen and oxygen atoms in total. The molecule has 0 aliphatic heterocycles. The van der Waals surface area contributed by atoms with E-state index in [4.69, 9.17) is 20.6 Å². The first-order valence-corrected chi connectivity index (χ1v) is 7.48. The summed E-state index contributed by atoms with van der Waals surface area (Å²) in [6.45, 7) is 8.74. The van der Waals surface area contributed by atoms with E-state index in [-0.39, 0.29) is 11.3 Å². The fourth-order valence-corrected chi connectivity index (χ4v) is 2.03. The molecule has 0 rings (SSSR count). The zero-order valence-electron chi connectivity index (χ0n) is 13.7. The minimum Gasteiger partial charge on any atom is -0.387 e. The molecule has 0 aromatic rings. The van der Waals surface area contributed by atoms with Gasteiger partial charge in [0, 0.05) is 39.3 Å². The molecule has 0 saturated carbocycles. The van der Waals surface area contributed by atoms with Crippen molar-refractivity contribution >= 4 is 5.84 Å². The van der Waals surface area contributed by atoms with E-state index in [0.29, 0.717) is 0 Å². The van der Waals surface area contributed by atoms with E-state index in [1.165, 1.54) is 0 Å². The predicted molar refractivity (Wildman–Crippen MR) is 84.4 cm³/mol. The number of amidine groups is 1. The van der Waals surface area contributed by atoms with Crippen LogP contribution in [0.25, 0.3) is 0 Å². The lowest BCUT2D eigenvalue weighted by atomic mass is 9.86. The van der Waals surface area contributed by atoms with Gasteiger partial charge >= 0.3 is 0 Å². The molecule has 0 atom stereocenters. The maximum absolute atomic E-state index is 7.56. The lowest BCUT2D eigenvalue weighted by Gasteiger charge is -2.25. The van der Waals surface area contributed by atoms with Crippen LogP contribution in [0.2, 0.25) is 0 Å². The van der Waals surface area contributed by atoms with E-state index >= 15 is 0 Å². The van der Waals surface area contributed by atoms with Gasteiger partial charge in [-0.3, -0.25) is 5.41 Å². The largest absolute Gasteiger partial charge is 0.387 e. The number of nitrogens with zero attached hydrogens (tertiary/aromatic N) is 1. The zero-order chi connectivity index (χ0) is 15.4. The number of nitrogens with one attached hydrogen (secondary N) is 1. The maximum atomic E-state index is 7.56. The fourth-order valence-electron chi connectivity index (χ4n) is 2.03. The van der Waals surface area contributed by atoms with Gasteiger partial charge in [0.25, 0.3) is 0 Å². The van der Waals surface area contributed by atoms with Crippen LogP contribution in [0, 0.1) is 10.8 Å². The third-order valence-electron chi connectivity index (χ3n) is 3.69. The SMILES string of the molecule is COCCCN(CCCCC(C)(C)C(=N)N)CCOC. The van der Waals surface area contributed by atoms with E-state index in [1.54, 1.807) is 14.2 Å².